The number of para-hydroxylation sites is 1. The normalized spacial score (nSPS) is 25.1. The van der Waals surface area contributed by atoms with E-state index < -0.39 is 0 Å². The van der Waals surface area contributed by atoms with Crippen LogP contribution in [0.4, 0.5) is 5.69 Å². The largest absolute Gasteiger partial charge is 0.384 e. The summed E-state index contributed by atoms with van der Waals surface area (Å²) in [6, 6.07) is 8.20. The van der Waals surface area contributed by atoms with Gasteiger partial charge in [-0.15, -0.1) is 0 Å². The van der Waals surface area contributed by atoms with E-state index in [9.17, 15) is 4.79 Å². The Hall–Kier alpha value is -1.55. The molecule has 4 heteroatoms. The van der Waals surface area contributed by atoms with Gasteiger partial charge in [0.2, 0.25) is 5.91 Å². The van der Waals surface area contributed by atoms with E-state index >= 15 is 0 Å². The minimum atomic E-state index is -0.0637. The van der Waals surface area contributed by atoms with Crippen LogP contribution in [0.2, 0.25) is 0 Å². The first-order valence-corrected chi connectivity index (χ1v) is 7.40. The maximum Gasteiger partial charge on any atom is 0.245 e. The molecule has 2 unspecified atom stereocenters. The Balaban J connectivity index is 1.62. The van der Waals surface area contributed by atoms with E-state index in [1.165, 1.54) is 5.56 Å². The molecule has 0 aliphatic carbocycles. The van der Waals surface area contributed by atoms with Crippen molar-refractivity contribution in [1.82, 2.24) is 4.90 Å². The standard InChI is InChI=1S/C16H22N2O2/c1-20-11-12-8-9-18(10-12)16(19)15-7-6-13-4-2-3-5-14(13)17-15/h2-5,12,15,17H,6-11H2,1H3. The summed E-state index contributed by atoms with van der Waals surface area (Å²) in [5.41, 5.74) is 2.43. The van der Waals surface area contributed by atoms with Gasteiger partial charge in [0.05, 0.1) is 6.61 Å². The fraction of sp³-hybridized carbons (Fsp3) is 0.562. The fourth-order valence-corrected chi connectivity index (χ4v) is 3.25. The van der Waals surface area contributed by atoms with Crippen molar-refractivity contribution < 1.29 is 9.53 Å². The van der Waals surface area contributed by atoms with Crippen molar-refractivity contribution in [3.8, 4) is 0 Å². The summed E-state index contributed by atoms with van der Waals surface area (Å²) in [7, 11) is 1.73. The predicted molar refractivity (Wildman–Crippen MR) is 78.7 cm³/mol. The van der Waals surface area contributed by atoms with Crippen LogP contribution in [0.25, 0.3) is 0 Å². The van der Waals surface area contributed by atoms with Crippen molar-refractivity contribution in [3.05, 3.63) is 29.8 Å². The minimum Gasteiger partial charge on any atom is -0.384 e. The third kappa shape index (κ3) is 2.66. The van der Waals surface area contributed by atoms with Gasteiger partial charge < -0.3 is 15.0 Å². The minimum absolute atomic E-state index is 0.0637. The van der Waals surface area contributed by atoms with Crippen LogP contribution in [0.1, 0.15) is 18.4 Å². The molecular weight excluding hydrogens is 252 g/mol. The monoisotopic (exact) mass is 274 g/mol. The zero-order valence-electron chi connectivity index (χ0n) is 12.0. The van der Waals surface area contributed by atoms with E-state index in [0.29, 0.717) is 5.92 Å². The van der Waals surface area contributed by atoms with Gasteiger partial charge in [0.15, 0.2) is 0 Å². The smallest absolute Gasteiger partial charge is 0.245 e. The second-order valence-corrected chi connectivity index (χ2v) is 5.79. The van der Waals surface area contributed by atoms with E-state index in [2.05, 4.69) is 23.5 Å². The lowest BCUT2D eigenvalue weighted by molar-refractivity contribution is -0.131. The molecule has 2 aliphatic rings. The third-order valence-electron chi connectivity index (χ3n) is 4.35. The molecule has 108 valence electrons. The lowest BCUT2D eigenvalue weighted by Crippen LogP contribution is -2.43. The molecule has 1 fully saturated rings. The van der Waals surface area contributed by atoms with Gasteiger partial charge >= 0.3 is 0 Å². The summed E-state index contributed by atoms with van der Waals surface area (Å²) in [6.07, 6.45) is 2.93. The van der Waals surface area contributed by atoms with Crippen LogP contribution in [0, 0.1) is 5.92 Å². The molecule has 1 amide bonds. The molecule has 1 aromatic rings. The average molecular weight is 274 g/mol. The SMILES string of the molecule is COCC1CCN(C(=O)C2CCc3ccccc3N2)C1. The highest BCUT2D eigenvalue weighted by Gasteiger charge is 2.32. The van der Waals surface area contributed by atoms with Crippen molar-refractivity contribution in [2.45, 2.75) is 25.3 Å². The van der Waals surface area contributed by atoms with Gasteiger partial charge in [0.1, 0.15) is 6.04 Å². The summed E-state index contributed by atoms with van der Waals surface area (Å²) in [6.45, 7) is 2.46. The first-order chi connectivity index (χ1) is 9.78. The number of benzene rings is 1. The number of nitrogens with zero attached hydrogens (tertiary/aromatic N) is 1. The molecule has 1 N–H and O–H groups in total. The average Bonchev–Trinajstić information content (AvgIpc) is 2.95. The van der Waals surface area contributed by atoms with E-state index in [0.717, 1.165) is 44.6 Å². The summed E-state index contributed by atoms with van der Waals surface area (Å²) < 4.78 is 5.19. The van der Waals surface area contributed by atoms with Crippen molar-refractivity contribution in [1.29, 1.82) is 0 Å². The number of hydrogen-bond donors (Lipinski definition) is 1. The molecule has 1 saturated heterocycles. The molecule has 3 rings (SSSR count). The van der Waals surface area contributed by atoms with Gasteiger partial charge in [-0.05, 0) is 30.9 Å². The van der Waals surface area contributed by atoms with Crippen LogP contribution in [0.15, 0.2) is 24.3 Å². The van der Waals surface area contributed by atoms with Crippen LogP contribution < -0.4 is 5.32 Å². The highest BCUT2D eigenvalue weighted by molar-refractivity contribution is 5.86. The number of hydrogen-bond acceptors (Lipinski definition) is 3. The highest BCUT2D eigenvalue weighted by Crippen LogP contribution is 2.26. The van der Waals surface area contributed by atoms with Crippen LogP contribution in [-0.4, -0.2) is 43.7 Å². The number of nitrogens with one attached hydrogen (secondary N) is 1. The zero-order valence-corrected chi connectivity index (χ0v) is 12.0. The van der Waals surface area contributed by atoms with Crippen molar-refractivity contribution >= 4 is 11.6 Å². The van der Waals surface area contributed by atoms with Gasteiger partial charge in [0, 0.05) is 31.8 Å². The Kier molecular flexibility index (Phi) is 3.92. The number of methoxy groups -OCH3 is 1. The van der Waals surface area contributed by atoms with Gasteiger partial charge in [0.25, 0.3) is 0 Å². The lowest BCUT2D eigenvalue weighted by Gasteiger charge is -2.29. The molecular formula is C16H22N2O2. The molecule has 0 saturated carbocycles. The maximum atomic E-state index is 12.6. The Labute approximate surface area is 120 Å². The van der Waals surface area contributed by atoms with Crippen LogP contribution in [0.5, 0.6) is 0 Å². The molecule has 1 aromatic carbocycles. The summed E-state index contributed by atoms with van der Waals surface area (Å²) in [5, 5.41) is 3.40. The van der Waals surface area contributed by atoms with Gasteiger partial charge in [-0.1, -0.05) is 18.2 Å². The van der Waals surface area contributed by atoms with Gasteiger partial charge in [-0.2, -0.15) is 0 Å². The third-order valence-corrected chi connectivity index (χ3v) is 4.35. The molecule has 2 atom stereocenters. The number of carbonyl (C=O) groups is 1. The first kappa shape index (κ1) is 13.4. The highest BCUT2D eigenvalue weighted by atomic mass is 16.5. The van der Waals surface area contributed by atoms with Crippen LogP contribution in [-0.2, 0) is 16.0 Å². The molecule has 0 radical (unpaired) electrons. The molecule has 4 nitrogen and oxygen atoms in total. The van der Waals surface area contributed by atoms with E-state index in [4.69, 9.17) is 4.74 Å². The van der Waals surface area contributed by atoms with E-state index in [-0.39, 0.29) is 11.9 Å². The molecule has 0 aromatic heterocycles. The first-order valence-electron chi connectivity index (χ1n) is 7.40. The Morgan fingerprint density at radius 3 is 3.10 bits per heavy atom. The summed E-state index contributed by atoms with van der Waals surface area (Å²) in [5.74, 6) is 0.748. The second kappa shape index (κ2) is 5.83. The maximum absolute atomic E-state index is 12.6. The van der Waals surface area contributed by atoms with Crippen molar-refractivity contribution in [2.75, 3.05) is 32.1 Å². The number of rotatable bonds is 3. The number of ether oxygens (including phenoxy) is 1. The quantitative estimate of drug-likeness (QED) is 0.915. The fourth-order valence-electron chi connectivity index (χ4n) is 3.25. The molecule has 2 heterocycles. The lowest BCUT2D eigenvalue weighted by atomic mass is 9.97. The van der Waals surface area contributed by atoms with E-state index in [1.807, 2.05) is 11.0 Å². The van der Waals surface area contributed by atoms with E-state index in [1.54, 1.807) is 7.11 Å². The molecule has 0 spiro atoms. The molecule has 2 aliphatic heterocycles. The number of anilines is 1. The number of amides is 1. The second-order valence-electron chi connectivity index (χ2n) is 5.79. The summed E-state index contributed by atoms with van der Waals surface area (Å²) in [4.78, 5) is 14.6. The molecule has 20 heavy (non-hydrogen) atoms. The van der Waals surface area contributed by atoms with Crippen molar-refractivity contribution in [2.24, 2.45) is 5.92 Å². The van der Waals surface area contributed by atoms with Crippen LogP contribution in [0.3, 0.4) is 0 Å². The molecule has 0 bridgehead atoms. The van der Waals surface area contributed by atoms with Gasteiger partial charge in [-0.25, -0.2) is 0 Å². The number of likely N-dealkylation sites (tertiary alicyclic amines) is 1. The Morgan fingerprint density at radius 2 is 2.25 bits per heavy atom. The van der Waals surface area contributed by atoms with Gasteiger partial charge in [-0.3, -0.25) is 4.79 Å². The number of fused-ring (bicyclic) bond motifs is 1. The Morgan fingerprint density at radius 1 is 1.40 bits per heavy atom. The number of carbonyl (C=O) groups excluding carboxylic acids is 1. The Bertz CT molecular complexity index is 489. The topological polar surface area (TPSA) is 41.6 Å². The predicted octanol–water partition coefficient (Wildman–Crippen LogP) is 1.91. The number of aryl methyl sites for hydroxylation is 1. The van der Waals surface area contributed by atoms with Crippen molar-refractivity contribution in [3.63, 3.8) is 0 Å². The zero-order chi connectivity index (χ0) is 13.9. The summed E-state index contributed by atoms with van der Waals surface area (Å²) >= 11 is 0. The van der Waals surface area contributed by atoms with Crippen LogP contribution >= 0.6 is 0 Å².